The summed E-state index contributed by atoms with van der Waals surface area (Å²) in [6, 6.07) is 1.44. The Hall–Kier alpha value is -1.36. The Balaban J connectivity index is 2.76. The van der Waals surface area contributed by atoms with Crippen LogP contribution in [-0.4, -0.2) is 32.6 Å². The van der Waals surface area contributed by atoms with Gasteiger partial charge in [-0.3, -0.25) is 4.68 Å². The van der Waals surface area contributed by atoms with Crippen LogP contribution >= 0.6 is 0 Å². The fourth-order valence-electron chi connectivity index (χ4n) is 1.01. The average molecular weight is 184 g/mol. The van der Waals surface area contributed by atoms with Crippen LogP contribution in [0.15, 0.2) is 12.3 Å². The zero-order chi connectivity index (χ0) is 9.84. The van der Waals surface area contributed by atoms with Crippen molar-refractivity contribution < 1.29 is 15.0 Å². The van der Waals surface area contributed by atoms with Crippen molar-refractivity contribution in [2.24, 2.45) is 5.92 Å². The molecule has 0 amide bonds. The molecule has 0 saturated heterocycles. The first-order chi connectivity index (χ1) is 6.15. The summed E-state index contributed by atoms with van der Waals surface area (Å²) in [4.78, 5) is 10.6. The van der Waals surface area contributed by atoms with Crippen molar-refractivity contribution in [3.8, 4) is 0 Å². The Kier molecular flexibility index (Phi) is 3.02. The molecule has 72 valence electrons. The SMILES string of the molecule is CC(CO)Cn1nccc1C(=O)O. The van der Waals surface area contributed by atoms with E-state index in [0.29, 0.717) is 6.54 Å². The van der Waals surface area contributed by atoms with Gasteiger partial charge in [-0.2, -0.15) is 5.10 Å². The molecule has 1 aromatic heterocycles. The molecule has 0 fully saturated rings. The van der Waals surface area contributed by atoms with Gasteiger partial charge in [0.1, 0.15) is 5.69 Å². The van der Waals surface area contributed by atoms with Gasteiger partial charge in [-0.25, -0.2) is 4.79 Å². The lowest BCUT2D eigenvalue weighted by atomic mass is 10.2. The number of hydrogen-bond donors (Lipinski definition) is 2. The van der Waals surface area contributed by atoms with Crippen molar-refractivity contribution in [1.29, 1.82) is 0 Å². The van der Waals surface area contributed by atoms with Crippen molar-refractivity contribution in [2.75, 3.05) is 6.61 Å². The number of carboxylic acids is 1. The number of aromatic carboxylic acids is 1. The third kappa shape index (κ3) is 2.29. The molecular formula is C8H12N2O3. The van der Waals surface area contributed by atoms with E-state index < -0.39 is 5.97 Å². The number of nitrogens with zero attached hydrogens (tertiary/aromatic N) is 2. The molecule has 5 nitrogen and oxygen atoms in total. The van der Waals surface area contributed by atoms with Crippen LogP contribution in [0.3, 0.4) is 0 Å². The standard InChI is InChI=1S/C8H12N2O3/c1-6(5-11)4-10-7(8(12)13)2-3-9-10/h2-3,6,11H,4-5H2,1H3,(H,12,13). The molecule has 13 heavy (non-hydrogen) atoms. The summed E-state index contributed by atoms with van der Waals surface area (Å²) in [6.07, 6.45) is 1.44. The Labute approximate surface area is 75.6 Å². The molecule has 1 unspecified atom stereocenters. The van der Waals surface area contributed by atoms with Crippen molar-refractivity contribution in [2.45, 2.75) is 13.5 Å². The number of carbonyl (C=O) groups is 1. The molecule has 0 spiro atoms. The second-order valence-electron chi connectivity index (χ2n) is 2.99. The van der Waals surface area contributed by atoms with Crippen LogP contribution in [0.4, 0.5) is 0 Å². The van der Waals surface area contributed by atoms with E-state index in [1.165, 1.54) is 16.9 Å². The van der Waals surface area contributed by atoms with Gasteiger partial charge in [-0.1, -0.05) is 6.92 Å². The van der Waals surface area contributed by atoms with Gasteiger partial charge in [-0.15, -0.1) is 0 Å². The van der Waals surface area contributed by atoms with Crippen molar-refractivity contribution >= 4 is 5.97 Å². The highest BCUT2D eigenvalue weighted by molar-refractivity contribution is 5.85. The Morgan fingerprint density at radius 1 is 1.77 bits per heavy atom. The minimum atomic E-state index is -0.998. The zero-order valence-electron chi connectivity index (χ0n) is 7.34. The number of aromatic nitrogens is 2. The van der Waals surface area contributed by atoms with Crippen molar-refractivity contribution in [3.05, 3.63) is 18.0 Å². The van der Waals surface area contributed by atoms with Crippen LogP contribution in [0.2, 0.25) is 0 Å². The third-order valence-corrected chi connectivity index (χ3v) is 1.73. The van der Waals surface area contributed by atoms with Crippen LogP contribution in [0.1, 0.15) is 17.4 Å². The minimum absolute atomic E-state index is 0.0120. The normalized spacial score (nSPS) is 12.8. The molecule has 1 rings (SSSR count). The maximum atomic E-state index is 10.6. The number of rotatable bonds is 4. The molecule has 0 aliphatic heterocycles. The molecule has 5 heteroatoms. The van der Waals surface area contributed by atoms with E-state index in [-0.39, 0.29) is 18.2 Å². The monoisotopic (exact) mass is 184 g/mol. The van der Waals surface area contributed by atoms with Gasteiger partial charge in [0, 0.05) is 19.3 Å². The lowest BCUT2D eigenvalue weighted by Crippen LogP contribution is -2.16. The second-order valence-corrected chi connectivity index (χ2v) is 2.99. The van der Waals surface area contributed by atoms with Crippen LogP contribution in [0.5, 0.6) is 0 Å². The van der Waals surface area contributed by atoms with E-state index in [1.54, 1.807) is 0 Å². The molecule has 2 N–H and O–H groups in total. The molecule has 0 radical (unpaired) electrons. The number of carboxylic acid groups (broad SMARTS) is 1. The number of aliphatic hydroxyl groups excluding tert-OH is 1. The van der Waals surface area contributed by atoms with E-state index >= 15 is 0 Å². The van der Waals surface area contributed by atoms with Crippen LogP contribution < -0.4 is 0 Å². The average Bonchev–Trinajstić information content (AvgIpc) is 2.52. The number of hydrogen-bond acceptors (Lipinski definition) is 3. The van der Waals surface area contributed by atoms with E-state index in [1.807, 2.05) is 6.92 Å². The van der Waals surface area contributed by atoms with Gasteiger partial charge in [0.2, 0.25) is 0 Å². The first kappa shape index (κ1) is 9.73. The summed E-state index contributed by atoms with van der Waals surface area (Å²) < 4.78 is 1.38. The van der Waals surface area contributed by atoms with E-state index in [4.69, 9.17) is 10.2 Å². The fraction of sp³-hybridized carbons (Fsp3) is 0.500. The van der Waals surface area contributed by atoms with Gasteiger partial charge < -0.3 is 10.2 Å². The first-order valence-corrected chi connectivity index (χ1v) is 4.01. The Bertz CT molecular complexity index is 295. The summed E-state index contributed by atoms with van der Waals surface area (Å²) in [5.74, 6) is -0.986. The molecule has 1 heterocycles. The van der Waals surface area contributed by atoms with Gasteiger partial charge in [0.15, 0.2) is 0 Å². The lowest BCUT2D eigenvalue weighted by molar-refractivity contribution is 0.0680. The molecule has 0 aliphatic rings. The first-order valence-electron chi connectivity index (χ1n) is 4.01. The van der Waals surface area contributed by atoms with E-state index in [0.717, 1.165) is 0 Å². The largest absolute Gasteiger partial charge is 0.477 e. The van der Waals surface area contributed by atoms with E-state index in [9.17, 15) is 4.79 Å². The van der Waals surface area contributed by atoms with E-state index in [2.05, 4.69) is 5.10 Å². The predicted molar refractivity (Wildman–Crippen MR) is 45.4 cm³/mol. The highest BCUT2D eigenvalue weighted by Gasteiger charge is 2.11. The molecule has 1 atom stereocenters. The van der Waals surface area contributed by atoms with Gasteiger partial charge in [-0.05, 0) is 12.0 Å². The predicted octanol–water partition coefficient (Wildman–Crippen LogP) is 0.210. The van der Waals surface area contributed by atoms with Crippen molar-refractivity contribution in [1.82, 2.24) is 9.78 Å². The smallest absolute Gasteiger partial charge is 0.354 e. The highest BCUT2D eigenvalue weighted by atomic mass is 16.4. The van der Waals surface area contributed by atoms with Crippen molar-refractivity contribution in [3.63, 3.8) is 0 Å². The molecular weight excluding hydrogens is 172 g/mol. The Morgan fingerprint density at radius 3 is 3.00 bits per heavy atom. The zero-order valence-corrected chi connectivity index (χ0v) is 7.34. The lowest BCUT2D eigenvalue weighted by Gasteiger charge is -2.08. The van der Waals surface area contributed by atoms with Crippen LogP contribution in [-0.2, 0) is 6.54 Å². The van der Waals surface area contributed by atoms with Gasteiger partial charge in [0.05, 0.1) is 0 Å². The topological polar surface area (TPSA) is 75.3 Å². The summed E-state index contributed by atoms with van der Waals surface area (Å²) >= 11 is 0. The fourth-order valence-corrected chi connectivity index (χ4v) is 1.01. The van der Waals surface area contributed by atoms with Gasteiger partial charge >= 0.3 is 5.97 Å². The molecule has 0 saturated carbocycles. The second kappa shape index (κ2) is 4.04. The molecule has 0 aromatic carbocycles. The highest BCUT2D eigenvalue weighted by Crippen LogP contribution is 2.03. The van der Waals surface area contributed by atoms with Gasteiger partial charge in [0.25, 0.3) is 0 Å². The summed E-state index contributed by atoms with van der Waals surface area (Å²) in [6.45, 7) is 2.28. The quantitative estimate of drug-likeness (QED) is 0.701. The summed E-state index contributed by atoms with van der Waals surface area (Å²) in [5, 5.41) is 21.3. The maximum Gasteiger partial charge on any atom is 0.354 e. The summed E-state index contributed by atoms with van der Waals surface area (Å²) in [5.41, 5.74) is 0.153. The third-order valence-electron chi connectivity index (χ3n) is 1.73. The molecule has 1 aromatic rings. The van der Waals surface area contributed by atoms with Crippen LogP contribution in [0.25, 0.3) is 0 Å². The maximum absolute atomic E-state index is 10.6. The minimum Gasteiger partial charge on any atom is -0.477 e. The van der Waals surface area contributed by atoms with Crippen LogP contribution in [0, 0.1) is 5.92 Å². The summed E-state index contributed by atoms with van der Waals surface area (Å²) in [7, 11) is 0. The molecule has 0 bridgehead atoms. The Morgan fingerprint density at radius 2 is 2.46 bits per heavy atom. The number of aliphatic hydroxyl groups is 1. The molecule has 0 aliphatic carbocycles.